The van der Waals surface area contributed by atoms with Crippen molar-refractivity contribution >= 4 is 6.09 Å². The SMILES string of the molecule is COc1cc(-n2cccn2)ccc1OCC[C@@H]1CN(C(=O)O)CCN1. The van der Waals surface area contributed by atoms with Crippen LogP contribution in [0.25, 0.3) is 5.69 Å². The van der Waals surface area contributed by atoms with Crippen LogP contribution in [0.3, 0.4) is 0 Å². The van der Waals surface area contributed by atoms with Crippen LogP contribution < -0.4 is 14.8 Å². The van der Waals surface area contributed by atoms with Crippen molar-refractivity contribution in [2.75, 3.05) is 33.4 Å². The molecule has 2 aromatic rings. The van der Waals surface area contributed by atoms with Crippen LogP contribution in [0.2, 0.25) is 0 Å². The standard InChI is InChI=1S/C17H22N4O4/c1-24-16-11-14(21-8-2-6-19-21)3-4-15(16)25-10-5-13-12-20(17(22)23)9-7-18-13/h2-4,6,8,11,13,18H,5,7,9-10,12H2,1H3,(H,22,23)/t13-/m1/s1. The number of piperazine rings is 1. The number of carbonyl (C=O) groups is 1. The van der Waals surface area contributed by atoms with Crippen LogP contribution >= 0.6 is 0 Å². The molecule has 0 saturated carbocycles. The summed E-state index contributed by atoms with van der Waals surface area (Å²) < 4.78 is 13.0. The lowest BCUT2D eigenvalue weighted by molar-refractivity contribution is 0.124. The second-order valence-corrected chi connectivity index (χ2v) is 5.80. The van der Waals surface area contributed by atoms with E-state index in [0.717, 1.165) is 5.69 Å². The van der Waals surface area contributed by atoms with Crippen LogP contribution in [-0.4, -0.2) is 65.3 Å². The van der Waals surface area contributed by atoms with Gasteiger partial charge in [0.05, 0.1) is 19.4 Å². The molecule has 25 heavy (non-hydrogen) atoms. The average Bonchev–Trinajstić information content (AvgIpc) is 3.17. The maximum atomic E-state index is 11.1. The summed E-state index contributed by atoms with van der Waals surface area (Å²) in [5.41, 5.74) is 0.889. The lowest BCUT2D eigenvalue weighted by Crippen LogP contribution is -2.52. The van der Waals surface area contributed by atoms with E-state index in [9.17, 15) is 4.79 Å². The van der Waals surface area contributed by atoms with Gasteiger partial charge in [-0.15, -0.1) is 0 Å². The predicted octanol–water partition coefficient (Wildman–Crippen LogP) is 1.60. The highest BCUT2D eigenvalue weighted by Gasteiger charge is 2.22. The van der Waals surface area contributed by atoms with Crippen LogP contribution in [0.15, 0.2) is 36.7 Å². The fraction of sp³-hybridized carbons (Fsp3) is 0.412. The molecule has 0 aliphatic carbocycles. The Morgan fingerprint density at radius 1 is 1.44 bits per heavy atom. The molecule has 2 heterocycles. The Morgan fingerprint density at radius 3 is 3.04 bits per heavy atom. The van der Waals surface area contributed by atoms with Gasteiger partial charge in [-0.1, -0.05) is 0 Å². The smallest absolute Gasteiger partial charge is 0.407 e. The summed E-state index contributed by atoms with van der Waals surface area (Å²) >= 11 is 0. The molecular weight excluding hydrogens is 324 g/mol. The van der Waals surface area contributed by atoms with Gasteiger partial charge in [-0.25, -0.2) is 9.48 Å². The number of aromatic nitrogens is 2. The van der Waals surface area contributed by atoms with Crippen LogP contribution in [0.1, 0.15) is 6.42 Å². The first-order valence-electron chi connectivity index (χ1n) is 8.19. The molecule has 1 aromatic carbocycles. The quantitative estimate of drug-likeness (QED) is 0.826. The third kappa shape index (κ3) is 4.21. The molecule has 3 rings (SSSR count). The molecule has 0 spiro atoms. The summed E-state index contributed by atoms with van der Waals surface area (Å²) in [6.07, 6.45) is 3.42. The highest BCUT2D eigenvalue weighted by molar-refractivity contribution is 5.65. The van der Waals surface area contributed by atoms with Gasteiger partial charge in [-0.2, -0.15) is 5.10 Å². The van der Waals surface area contributed by atoms with E-state index in [2.05, 4.69) is 10.4 Å². The van der Waals surface area contributed by atoms with E-state index in [0.29, 0.717) is 44.2 Å². The van der Waals surface area contributed by atoms with Crippen molar-refractivity contribution in [1.82, 2.24) is 20.0 Å². The van der Waals surface area contributed by atoms with Crippen molar-refractivity contribution in [3.63, 3.8) is 0 Å². The third-order valence-corrected chi connectivity index (χ3v) is 4.17. The maximum Gasteiger partial charge on any atom is 0.407 e. The number of nitrogens with one attached hydrogen (secondary N) is 1. The Bertz CT molecular complexity index is 705. The van der Waals surface area contributed by atoms with Crippen LogP contribution in [0.5, 0.6) is 11.5 Å². The number of hydrogen-bond donors (Lipinski definition) is 2. The highest BCUT2D eigenvalue weighted by atomic mass is 16.5. The zero-order chi connectivity index (χ0) is 17.6. The van der Waals surface area contributed by atoms with E-state index >= 15 is 0 Å². The molecule has 8 heteroatoms. The molecule has 134 valence electrons. The van der Waals surface area contributed by atoms with E-state index in [4.69, 9.17) is 14.6 Å². The molecular formula is C17H22N4O4. The van der Waals surface area contributed by atoms with Gasteiger partial charge < -0.3 is 24.8 Å². The molecule has 8 nitrogen and oxygen atoms in total. The zero-order valence-corrected chi connectivity index (χ0v) is 14.1. The fourth-order valence-electron chi connectivity index (χ4n) is 2.84. The first kappa shape index (κ1) is 17.1. The molecule has 0 bridgehead atoms. The lowest BCUT2D eigenvalue weighted by atomic mass is 10.1. The second kappa shape index (κ2) is 7.89. The van der Waals surface area contributed by atoms with E-state index in [1.165, 1.54) is 4.90 Å². The van der Waals surface area contributed by atoms with Crippen molar-refractivity contribution < 1.29 is 19.4 Å². The minimum Gasteiger partial charge on any atom is -0.493 e. The Balaban J connectivity index is 1.57. The van der Waals surface area contributed by atoms with Gasteiger partial charge in [0, 0.05) is 44.1 Å². The number of methoxy groups -OCH3 is 1. The average molecular weight is 346 g/mol. The fourth-order valence-corrected chi connectivity index (χ4v) is 2.84. The van der Waals surface area contributed by atoms with Gasteiger partial charge >= 0.3 is 6.09 Å². The van der Waals surface area contributed by atoms with Crippen molar-refractivity contribution in [2.45, 2.75) is 12.5 Å². The molecule has 1 aliphatic heterocycles. The van der Waals surface area contributed by atoms with E-state index in [-0.39, 0.29) is 6.04 Å². The lowest BCUT2D eigenvalue weighted by Gasteiger charge is -2.31. The topological polar surface area (TPSA) is 88.9 Å². The van der Waals surface area contributed by atoms with Gasteiger partial charge in [0.2, 0.25) is 0 Å². The minimum atomic E-state index is -0.872. The summed E-state index contributed by atoms with van der Waals surface area (Å²) in [6, 6.07) is 7.59. The summed E-state index contributed by atoms with van der Waals surface area (Å²) in [6.45, 7) is 2.14. The first-order valence-corrected chi connectivity index (χ1v) is 8.19. The molecule has 1 aliphatic rings. The Labute approximate surface area is 146 Å². The normalized spacial score (nSPS) is 17.3. The number of nitrogens with zero attached hydrogens (tertiary/aromatic N) is 3. The summed E-state index contributed by atoms with van der Waals surface area (Å²) in [4.78, 5) is 12.5. The molecule has 0 unspecified atom stereocenters. The van der Waals surface area contributed by atoms with Gasteiger partial charge in [0.1, 0.15) is 0 Å². The predicted molar refractivity (Wildman–Crippen MR) is 91.6 cm³/mol. The Hall–Kier alpha value is -2.74. The second-order valence-electron chi connectivity index (χ2n) is 5.80. The summed E-state index contributed by atoms with van der Waals surface area (Å²) in [5.74, 6) is 1.29. The molecule has 1 saturated heterocycles. The number of ether oxygens (including phenoxy) is 2. The largest absolute Gasteiger partial charge is 0.493 e. The Kier molecular flexibility index (Phi) is 5.39. The van der Waals surface area contributed by atoms with Gasteiger partial charge in [0.25, 0.3) is 0 Å². The number of hydrogen-bond acceptors (Lipinski definition) is 5. The minimum absolute atomic E-state index is 0.0965. The number of carboxylic acid groups (broad SMARTS) is 1. The van der Waals surface area contributed by atoms with Crippen molar-refractivity contribution in [2.24, 2.45) is 0 Å². The number of amides is 1. The van der Waals surface area contributed by atoms with Gasteiger partial charge in [-0.3, -0.25) is 0 Å². The molecule has 1 fully saturated rings. The Morgan fingerprint density at radius 2 is 2.32 bits per heavy atom. The van der Waals surface area contributed by atoms with E-state index in [1.54, 1.807) is 18.0 Å². The van der Waals surface area contributed by atoms with Crippen molar-refractivity contribution in [3.8, 4) is 17.2 Å². The molecule has 1 aromatic heterocycles. The molecule has 2 N–H and O–H groups in total. The molecule has 1 amide bonds. The number of benzene rings is 1. The van der Waals surface area contributed by atoms with Crippen LogP contribution in [0, 0.1) is 0 Å². The van der Waals surface area contributed by atoms with Gasteiger partial charge in [-0.05, 0) is 24.6 Å². The van der Waals surface area contributed by atoms with Gasteiger partial charge in [0.15, 0.2) is 11.5 Å². The van der Waals surface area contributed by atoms with E-state index < -0.39 is 6.09 Å². The summed E-state index contributed by atoms with van der Waals surface area (Å²) in [5, 5.41) is 16.6. The summed E-state index contributed by atoms with van der Waals surface area (Å²) in [7, 11) is 1.60. The third-order valence-electron chi connectivity index (χ3n) is 4.17. The van der Waals surface area contributed by atoms with Crippen LogP contribution in [-0.2, 0) is 0 Å². The van der Waals surface area contributed by atoms with Crippen molar-refractivity contribution in [1.29, 1.82) is 0 Å². The zero-order valence-electron chi connectivity index (χ0n) is 14.1. The maximum absolute atomic E-state index is 11.1. The highest BCUT2D eigenvalue weighted by Crippen LogP contribution is 2.29. The number of rotatable bonds is 6. The first-order chi connectivity index (χ1) is 12.2. The van der Waals surface area contributed by atoms with Crippen LogP contribution in [0.4, 0.5) is 4.79 Å². The molecule has 0 radical (unpaired) electrons. The van der Waals surface area contributed by atoms with Crippen molar-refractivity contribution in [3.05, 3.63) is 36.7 Å². The monoisotopic (exact) mass is 346 g/mol. The molecule has 1 atom stereocenters. The van der Waals surface area contributed by atoms with E-state index in [1.807, 2.05) is 30.5 Å².